The zero-order valence-electron chi connectivity index (χ0n) is 16.1. The highest BCUT2D eigenvalue weighted by Crippen LogP contribution is 2.35. The molecule has 0 aliphatic carbocycles. The molecule has 0 unspecified atom stereocenters. The third-order valence-electron chi connectivity index (χ3n) is 5.71. The van der Waals surface area contributed by atoms with Crippen molar-refractivity contribution in [2.24, 2.45) is 11.7 Å². The van der Waals surface area contributed by atoms with Crippen LogP contribution < -0.4 is 15.2 Å². The molecule has 2 saturated heterocycles. The first-order valence-corrected chi connectivity index (χ1v) is 9.57. The standard InChI is InChI=1S/C20H29N3O4/c1-26-17-8-5-7-15(19(17)27-2)20(25)23-12-14-6-3-4-10-22(16(14)13-23)11-9-18(21)24/h5,7-8,14,16H,3-4,6,9-13H2,1-2H3,(H2,21,24)/t14-,16+/m0/s1. The van der Waals surface area contributed by atoms with E-state index in [1.807, 2.05) is 11.0 Å². The number of ether oxygens (including phenoxy) is 2. The van der Waals surface area contributed by atoms with Crippen molar-refractivity contribution in [2.75, 3.05) is 40.4 Å². The average molecular weight is 375 g/mol. The minimum absolute atomic E-state index is 0.0336. The Morgan fingerprint density at radius 1 is 1.19 bits per heavy atom. The smallest absolute Gasteiger partial charge is 0.257 e. The summed E-state index contributed by atoms with van der Waals surface area (Å²) in [6.45, 7) is 3.03. The Morgan fingerprint density at radius 3 is 2.70 bits per heavy atom. The number of likely N-dealkylation sites (tertiary alicyclic amines) is 2. The average Bonchev–Trinajstić information content (AvgIpc) is 3.00. The summed E-state index contributed by atoms with van der Waals surface area (Å²) >= 11 is 0. The number of amides is 2. The van der Waals surface area contributed by atoms with E-state index in [0.29, 0.717) is 42.5 Å². The van der Waals surface area contributed by atoms with E-state index in [1.165, 1.54) is 0 Å². The van der Waals surface area contributed by atoms with Crippen molar-refractivity contribution in [3.8, 4) is 11.5 Å². The number of carbonyl (C=O) groups is 2. The summed E-state index contributed by atoms with van der Waals surface area (Å²) in [5.74, 6) is 1.15. The van der Waals surface area contributed by atoms with Crippen molar-refractivity contribution in [1.82, 2.24) is 9.80 Å². The van der Waals surface area contributed by atoms with Crippen LogP contribution in [-0.4, -0.2) is 68.1 Å². The van der Waals surface area contributed by atoms with Gasteiger partial charge in [-0.3, -0.25) is 14.5 Å². The third-order valence-corrected chi connectivity index (χ3v) is 5.71. The molecule has 2 amide bonds. The summed E-state index contributed by atoms with van der Waals surface area (Å²) in [7, 11) is 3.12. The number of fused-ring (bicyclic) bond motifs is 1. The SMILES string of the molecule is COc1cccc(C(=O)N2C[C@@H]3CCCCN(CCC(N)=O)[C@@H]3C2)c1OC. The summed E-state index contributed by atoms with van der Waals surface area (Å²) in [4.78, 5) is 28.7. The lowest BCUT2D eigenvalue weighted by Crippen LogP contribution is -2.42. The van der Waals surface area contributed by atoms with Gasteiger partial charge in [-0.2, -0.15) is 0 Å². The van der Waals surface area contributed by atoms with E-state index < -0.39 is 0 Å². The molecule has 27 heavy (non-hydrogen) atoms. The van der Waals surface area contributed by atoms with Gasteiger partial charge in [-0.15, -0.1) is 0 Å². The third kappa shape index (κ3) is 4.18. The minimum atomic E-state index is -0.275. The number of hydrogen-bond donors (Lipinski definition) is 1. The summed E-state index contributed by atoms with van der Waals surface area (Å²) in [6, 6.07) is 5.66. The molecule has 0 saturated carbocycles. The molecule has 7 heteroatoms. The van der Waals surface area contributed by atoms with E-state index in [2.05, 4.69) is 4.90 Å². The van der Waals surface area contributed by atoms with Gasteiger partial charge in [-0.05, 0) is 37.4 Å². The van der Waals surface area contributed by atoms with Crippen LogP contribution in [0.25, 0.3) is 0 Å². The molecule has 7 nitrogen and oxygen atoms in total. The maximum absolute atomic E-state index is 13.2. The fourth-order valence-electron chi connectivity index (χ4n) is 4.36. The molecule has 2 atom stereocenters. The summed E-state index contributed by atoms with van der Waals surface area (Å²) < 4.78 is 10.8. The number of rotatable bonds is 6. The summed E-state index contributed by atoms with van der Waals surface area (Å²) in [5, 5.41) is 0. The van der Waals surface area contributed by atoms with Gasteiger partial charge < -0.3 is 20.1 Å². The van der Waals surface area contributed by atoms with Gasteiger partial charge in [0.2, 0.25) is 5.91 Å². The highest BCUT2D eigenvalue weighted by Gasteiger charge is 2.40. The largest absolute Gasteiger partial charge is 0.493 e. The van der Waals surface area contributed by atoms with E-state index in [4.69, 9.17) is 15.2 Å². The lowest BCUT2D eigenvalue weighted by molar-refractivity contribution is -0.118. The lowest BCUT2D eigenvalue weighted by atomic mass is 9.98. The quantitative estimate of drug-likeness (QED) is 0.815. The fourth-order valence-corrected chi connectivity index (χ4v) is 4.36. The highest BCUT2D eigenvalue weighted by atomic mass is 16.5. The Morgan fingerprint density at radius 2 is 2.00 bits per heavy atom. The van der Waals surface area contributed by atoms with Gasteiger partial charge >= 0.3 is 0 Å². The van der Waals surface area contributed by atoms with Crippen molar-refractivity contribution in [3.05, 3.63) is 23.8 Å². The van der Waals surface area contributed by atoms with Gasteiger partial charge in [0.05, 0.1) is 19.8 Å². The maximum atomic E-state index is 13.2. The second kappa shape index (κ2) is 8.61. The molecule has 0 aromatic heterocycles. The zero-order chi connectivity index (χ0) is 19.4. The summed E-state index contributed by atoms with van der Waals surface area (Å²) in [5.41, 5.74) is 5.87. The number of methoxy groups -OCH3 is 2. The van der Waals surface area contributed by atoms with Crippen LogP contribution in [0, 0.1) is 5.92 Å². The molecule has 148 valence electrons. The molecular weight excluding hydrogens is 346 g/mol. The number of primary amides is 1. The van der Waals surface area contributed by atoms with Gasteiger partial charge in [-0.25, -0.2) is 0 Å². The Labute approximate surface area is 160 Å². The number of para-hydroxylation sites is 1. The molecular formula is C20H29N3O4. The van der Waals surface area contributed by atoms with Gasteiger partial charge in [0.25, 0.3) is 5.91 Å². The number of nitrogens with zero attached hydrogens (tertiary/aromatic N) is 2. The molecule has 0 radical (unpaired) electrons. The number of benzene rings is 1. The van der Waals surface area contributed by atoms with E-state index in [1.54, 1.807) is 26.4 Å². The molecule has 2 heterocycles. The van der Waals surface area contributed by atoms with Crippen LogP contribution in [0.3, 0.4) is 0 Å². The molecule has 2 N–H and O–H groups in total. The normalized spacial score (nSPS) is 22.8. The Hall–Kier alpha value is -2.28. The lowest BCUT2D eigenvalue weighted by Gasteiger charge is -2.29. The Bertz CT molecular complexity index is 694. The molecule has 1 aromatic rings. The van der Waals surface area contributed by atoms with Crippen LogP contribution in [0.15, 0.2) is 18.2 Å². The van der Waals surface area contributed by atoms with E-state index in [0.717, 1.165) is 32.4 Å². The van der Waals surface area contributed by atoms with Gasteiger partial charge in [-0.1, -0.05) is 12.5 Å². The Kier molecular flexibility index (Phi) is 6.21. The van der Waals surface area contributed by atoms with Crippen molar-refractivity contribution < 1.29 is 19.1 Å². The predicted octanol–water partition coefficient (Wildman–Crippen LogP) is 1.51. The van der Waals surface area contributed by atoms with Gasteiger partial charge in [0, 0.05) is 32.1 Å². The Balaban J connectivity index is 1.77. The van der Waals surface area contributed by atoms with Crippen molar-refractivity contribution in [3.63, 3.8) is 0 Å². The molecule has 2 aliphatic rings. The van der Waals surface area contributed by atoms with E-state index in [-0.39, 0.29) is 17.9 Å². The monoisotopic (exact) mass is 375 g/mol. The molecule has 1 aromatic carbocycles. The van der Waals surface area contributed by atoms with Crippen LogP contribution >= 0.6 is 0 Å². The second-order valence-corrected chi connectivity index (χ2v) is 7.33. The topological polar surface area (TPSA) is 85.1 Å². The molecule has 0 bridgehead atoms. The summed E-state index contributed by atoms with van der Waals surface area (Å²) in [6.07, 6.45) is 3.75. The molecule has 0 spiro atoms. The van der Waals surface area contributed by atoms with Crippen LogP contribution in [0.5, 0.6) is 11.5 Å². The highest BCUT2D eigenvalue weighted by molar-refractivity contribution is 5.98. The van der Waals surface area contributed by atoms with Crippen LogP contribution in [0.1, 0.15) is 36.0 Å². The second-order valence-electron chi connectivity index (χ2n) is 7.33. The van der Waals surface area contributed by atoms with E-state index >= 15 is 0 Å². The van der Waals surface area contributed by atoms with Crippen LogP contribution in [0.2, 0.25) is 0 Å². The van der Waals surface area contributed by atoms with Crippen molar-refractivity contribution in [2.45, 2.75) is 31.7 Å². The zero-order valence-corrected chi connectivity index (χ0v) is 16.1. The molecule has 3 rings (SSSR count). The van der Waals surface area contributed by atoms with Gasteiger partial charge in [0.1, 0.15) is 0 Å². The number of carbonyl (C=O) groups excluding carboxylic acids is 2. The first-order valence-electron chi connectivity index (χ1n) is 9.57. The van der Waals surface area contributed by atoms with Crippen molar-refractivity contribution in [1.29, 1.82) is 0 Å². The first kappa shape index (κ1) is 19.5. The fraction of sp³-hybridized carbons (Fsp3) is 0.600. The maximum Gasteiger partial charge on any atom is 0.257 e. The minimum Gasteiger partial charge on any atom is -0.493 e. The van der Waals surface area contributed by atoms with Gasteiger partial charge in [0.15, 0.2) is 11.5 Å². The molecule has 2 fully saturated rings. The van der Waals surface area contributed by atoms with Crippen LogP contribution in [-0.2, 0) is 4.79 Å². The van der Waals surface area contributed by atoms with E-state index in [9.17, 15) is 9.59 Å². The van der Waals surface area contributed by atoms with Crippen molar-refractivity contribution >= 4 is 11.8 Å². The predicted molar refractivity (Wildman–Crippen MR) is 102 cm³/mol. The van der Waals surface area contributed by atoms with Crippen LogP contribution in [0.4, 0.5) is 0 Å². The number of nitrogens with two attached hydrogens (primary N) is 1. The number of hydrogen-bond acceptors (Lipinski definition) is 5. The molecule has 2 aliphatic heterocycles. The first-order chi connectivity index (χ1) is 13.0.